The molecule has 23 heavy (non-hydrogen) atoms. The second-order valence-corrected chi connectivity index (χ2v) is 5.07. The average molecular weight is 308 g/mol. The number of hydrogen-bond acceptors (Lipinski definition) is 4. The molecule has 0 saturated heterocycles. The van der Waals surface area contributed by atoms with E-state index in [1.165, 1.54) is 6.07 Å². The number of aromatic nitrogens is 1. The van der Waals surface area contributed by atoms with Crippen molar-refractivity contribution in [1.29, 1.82) is 0 Å². The summed E-state index contributed by atoms with van der Waals surface area (Å²) in [5, 5.41) is 6.54. The number of nitrogens with one attached hydrogen (secondary N) is 1. The van der Waals surface area contributed by atoms with Gasteiger partial charge in [-0.2, -0.15) is 0 Å². The number of amides is 1. The molecular formula is C18H16N2O3. The summed E-state index contributed by atoms with van der Waals surface area (Å²) in [6.45, 7) is 2.29. The summed E-state index contributed by atoms with van der Waals surface area (Å²) in [7, 11) is 0. The van der Waals surface area contributed by atoms with E-state index >= 15 is 0 Å². The molecule has 0 spiro atoms. The summed E-state index contributed by atoms with van der Waals surface area (Å²) in [6.07, 6.45) is 0. The normalized spacial score (nSPS) is 10.3. The second-order valence-electron chi connectivity index (χ2n) is 5.07. The summed E-state index contributed by atoms with van der Waals surface area (Å²) >= 11 is 0. The van der Waals surface area contributed by atoms with E-state index < -0.39 is 0 Å². The highest BCUT2D eigenvalue weighted by Gasteiger charge is 2.14. The summed E-state index contributed by atoms with van der Waals surface area (Å²) in [6, 6.07) is 18.7. The number of rotatable bonds is 5. The molecule has 0 atom stereocenters. The monoisotopic (exact) mass is 308 g/mol. The Morgan fingerprint density at radius 1 is 1.13 bits per heavy atom. The maximum absolute atomic E-state index is 12.2. The van der Waals surface area contributed by atoms with Gasteiger partial charge in [-0.25, -0.2) is 0 Å². The molecule has 5 heteroatoms. The molecule has 1 amide bonds. The van der Waals surface area contributed by atoms with Crippen LogP contribution < -0.4 is 10.1 Å². The van der Waals surface area contributed by atoms with Crippen LogP contribution in [0.1, 0.15) is 21.7 Å². The van der Waals surface area contributed by atoms with Gasteiger partial charge in [0.15, 0.2) is 0 Å². The van der Waals surface area contributed by atoms with Crippen LogP contribution in [0.4, 0.5) is 5.69 Å². The number of nitrogens with zero attached hydrogens (tertiary/aromatic N) is 1. The highest BCUT2D eigenvalue weighted by molar-refractivity contribution is 6.02. The minimum absolute atomic E-state index is 0.108. The predicted octanol–water partition coefficient (Wildman–Crippen LogP) is 3.81. The van der Waals surface area contributed by atoms with Crippen LogP contribution in [0.2, 0.25) is 0 Å². The molecule has 1 N–H and O–H groups in total. The van der Waals surface area contributed by atoms with Gasteiger partial charge in [0.05, 0.1) is 6.07 Å². The molecule has 5 nitrogen and oxygen atoms in total. The Kier molecular flexibility index (Phi) is 4.38. The maximum atomic E-state index is 12.2. The number of carbonyl (C=O) groups excluding carboxylic acids is 1. The Balaban J connectivity index is 1.62. The van der Waals surface area contributed by atoms with E-state index in [1.807, 2.05) is 61.5 Å². The number of ether oxygens (including phenoxy) is 1. The molecular weight excluding hydrogens is 292 g/mol. The van der Waals surface area contributed by atoms with E-state index in [0.29, 0.717) is 6.61 Å². The standard InChI is InChI=1S/C18H16N2O3/c1-13-7-5-6-10-15(13)19-18(21)16-11-17(20-23-16)22-12-14-8-3-2-4-9-14/h2-11H,12H2,1H3,(H,19,21). The molecule has 0 fully saturated rings. The van der Waals surface area contributed by atoms with Crippen LogP contribution in [0, 0.1) is 6.92 Å². The van der Waals surface area contributed by atoms with E-state index in [0.717, 1.165) is 16.8 Å². The van der Waals surface area contributed by atoms with Gasteiger partial charge in [-0.15, -0.1) is 0 Å². The maximum Gasteiger partial charge on any atom is 0.294 e. The first-order valence-electron chi connectivity index (χ1n) is 7.23. The van der Waals surface area contributed by atoms with Gasteiger partial charge >= 0.3 is 0 Å². The fraction of sp³-hybridized carbons (Fsp3) is 0.111. The molecule has 0 radical (unpaired) electrons. The van der Waals surface area contributed by atoms with E-state index in [1.54, 1.807) is 0 Å². The van der Waals surface area contributed by atoms with Crippen molar-refractivity contribution >= 4 is 11.6 Å². The molecule has 1 aromatic heterocycles. The topological polar surface area (TPSA) is 64.4 Å². The Labute approximate surface area is 133 Å². The Morgan fingerprint density at radius 2 is 1.87 bits per heavy atom. The Hall–Kier alpha value is -3.08. The lowest BCUT2D eigenvalue weighted by Gasteiger charge is -2.05. The molecule has 2 aromatic carbocycles. The van der Waals surface area contributed by atoms with Gasteiger partial charge in [0.1, 0.15) is 6.61 Å². The van der Waals surface area contributed by atoms with Crippen LogP contribution in [0.5, 0.6) is 5.88 Å². The summed E-state index contributed by atoms with van der Waals surface area (Å²) < 4.78 is 10.6. The van der Waals surface area contributed by atoms with Crippen LogP contribution in [0.3, 0.4) is 0 Å². The van der Waals surface area contributed by atoms with Crippen molar-refractivity contribution in [2.75, 3.05) is 5.32 Å². The number of benzene rings is 2. The van der Waals surface area contributed by atoms with Crippen LogP contribution in [-0.2, 0) is 6.61 Å². The third-order valence-electron chi connectivity index (χ3n) is 3.34. The molecule has 0 aliphatic carbocycles. The molecule has 0 aliphatic heterocycles. The lowest BCUT2D eigenvalue weighted by Crippen LogP contribution is -2.11. The third-order valence-corrected chi connectivity index (χ3v) is 3.34. The quantitative estimate of drug-likeness (QED) is 0.778. The van der Waals surface area contributed by atoms with Gasteiger partial charge < -0.3 is 14.6 Å². The summed E-state index contributed by atoms with van der Waals surface area (Å²) in [5.74, 6) is 0.0291. The van der Waals surface area contributed by atoms with Crippen LogP contribution in [-0.4, -0.2) is 11.1 Å². The van der Waals surface area contributed by atoms with Crippen LogP contribution in [0.15, 0.2) is 65.2 Å². The smallest absolute Gasteiger partial charge is 0.294 e. The molecule has 0 saturated carbocycles. The molecule has 0 bridgehead atoms. The van der Waals surface area contributed by atoms with Crippen molar-refractivity contribution in [1.82, 2.24) is 5.16 Å². The van der Waals surface area contributed by atoms with Crippen LogP contribution in [0.25, 0.3) is 0 Å². The number of para-hydroxylation sites is 1. The Morgan fingerprint density at radius 3 is 2.65 bits per heavy atom. The fourth-order valence-corrected chi connectivity index (χ4v) is 2.06. The first kappa shape index (κ1) is 14.8. The lowest BCUT2D eigenvalue weighted by molar-refractivity contribution is 0.0987. The SMILES string of the molecule is Cc1ccccc1NC(=O)c1cc(OCc2ccccc2)no1. The zero-order chi connectivity index (χ0) is 16.1. The fourth-order valence-electron chi connectivity index (χ4n) is 2.06. The molecule has 3 rings (SSSR count). The molecule has 1 heterocycles. The van der Waals surface area contributed by atoms with Gasteiger partial charge in [-0.1, -0.05) is 48.5 Å². The molecule has 3 aromatic rings. The first-order chi connectivity index (χ1) is 11.2. The minimum Gasteiger partial charge on any atom is -0.471 e. The van der Waals surface area contributed by atoms with E-state index in [2.05, 4.69) is 10.5 Å². The molecule has 116 valence electrons. The lowest BCUT2D eigenvalue weighted by atomic mass is 10.2. The second kappa shape index (κ2) is 6.79. The minimum atomic E-state index is -0.360. The van der Waals surface area contributed by atoms with Gasteiger partial charge in [0, 0.05) is 5.69 Å². The van der Waals surface area contributed by atoms with Crippen molar-refractivity contribution < 1.29 is 14.1 Å². The van der Waals surface area contributed by atoms with Gasteiger partial charge in [-0.05, 0) is 29.3 Å². The highest BCUT2D eigenvalue weighted by Crippen LogP contribution is 2.17. The average Bonchev–Trinajstić information content (AvgIpc) is 3.05. The van der Waals surface area contributed by atoms with Gasteiger partial charge in [-0.3, -0.25) is 4.79 Å². The van der Waals surface area contributed by atoms with E-state index in [-0.39, 0.29) is 17.5 Å². The van der Waals surface area contributed by atoms with E-state index in [4.69, 9.17) is 9.26 Å². The summed E-state index contributed by atoms with van der Waals surface area (Å²) in [5.41, 5.74) is 2.72. The largest absolute Gasteiger partial charge is 0.471 e. The number of aryl methyl sites for hydroxylation is 1. The van der Waals surface area contributed by atoms with Crippen LogP contribution >= 0.6 is 0 Å². The van der Waals surface area contributed by atoms with Crippen molar-refractivity contribution in [3.63, 3.8) is 0 Å². The number of anilines is 1. The predicted molar refractivity (Wildman–Crippen MR) is 86.4 cm³/mol. The number of hydrogen-bond donors (Lipinski definition) is 1. The zero-order valence-electron chi connectivity index (χ0n) is 12.7. The summed E-state index contributed by atoms with van der Waals surface area (Å²) in [4.78, 5) is 12.2. The zero-order valence-corrected chi connectivity index (χ0v) is 12.7. The van der Waals surface area contributed by atoms with Crippen molar-refractivity contribution in [2.24, 2.45) is 0 Å². The first-order valence-corrected chi connectivity index (χ1v) is 7.23. The van der Waals surface area contributed by atoms with Gasteiger partial charge in [0.25, 0.3) is 11.8 Å². The highest BCUT2D eigenvalue weighted by atomic mass is 16.5. The van der Waals surface area contributed by atoms with E-state index in [9.17, 15) is 4.79 Å². The van der Waals surface area contributed by atoms with Crippen molar-refractivity contribution in [3.05, 3.63) is 77.6 Å². The Bertz CT molecular complexity index is 797. The third kappa shape index (κ3) is 3.77. The van der Waals surface area contributed by atoms with Crippen molar-refractivity contribution in [2.45, 2.75) is 13.5 Å². The molecule has 0 aliphatic rings. The van der Waals surface area contributed by atoms with Crippen molar-refractivity contribution in [3.8, 4) is 5.88 Å². The number of carbonyl (C=O) groups is 1. The van der Waals surface area contributed by atoms with Gasteiger partial charge in [0.2, 0.25) is 5.76 Å². The molecule has 0 unspecified atom stereocenters.